The molecule has 0 aliphatic heterocycles. The van der Waals surface area contributed by atoms with E-state index >= 15 is 0 Å². The van der Waals surface area contributed by atoms with E-state index in [4.69, 9.17) is 5.73 Å². The number of hydrogen-bond donors (Lipinski definition) is 1. The van der Waals surface area contributed by atoms with Gasteiger partial charge in [-0.05, 0) is 18.7 Å². The molecule has 14 heavy (non-hydrogen) atoms. The Morgan fingerprint density at radius 3 is 2.64 bits per heavy atom. The van der Waals surface area contributed by atoms with Gasteiger partial charge in [-0.25, -0.2) is 0 Å². The van der Waals surface area contributed by atoms with Crippen molar-refractivity contribution >= 4 is 34.9 Å². The van der Waals surface area contributed by atoms with Crippen LogP contribution >= 0.6 is 24.0 Å². The highest BCUT2D eigenvalue weighted by Crippen LogP contribution is 2.11. The van der Waals surface area contributed by atoms with Crippen LogP contribution < -0.4 is 5.73 Å². The second-order valence-corrected chi connectivity index (χ2v) is 3.03. The average Bonchev–Trinajstić information content (AvgIpc) is 2.18. The summed E-state index contributed by atoms with van der Waals surface area (Å²) < 4.78 is 0. The van der Waals surface area contributed by atoms with Gasteiger partial charge in [0, 0.05) is 17.5 Å². The zero-order valence-electron chi connectivity index (χ0n) is 7.81. The molecule has 0 radical (unpaired) electrons. The fourth-order valence-electron chi connectivity index (χ4n) is 1.40. The predicted octanol–water partition coefficient (Wildman–Crippen LogP) is 2.35. The summed E-state index contributed by atoms with van der Waals surface area (Å²) >= 11 is 0. The highest BCUT2D eigenvalue weighted by molar-refractivity contribution is 14.0. The van der Waals surface area contributed by atoms with Gasteiger partial charge in [0.05, 0.1) is 5.52 Å². The first-order chi connectivity index (χ1) is 6.40. The van der Waals surface area contributed by atoms with Crippen molar-refractivity contribution in [2.45, 2.75) is 6.42 Å². The molecule has 2 aromatic rings. The molecule has 74 valence electrons. The van der Waals surface area contributed by atoms with Crippen LogP contribution in [0.3, 0.4) is 0 Å². The summed E-state index contributed by atoms with van der Waals surface area (Å²) in [5.41, 5.74) is 7.58. The summed E-state index contributed by atoms with van der Waals surface area (Å²) in [5.74, 6) is 0. The molecule has 0 atom stereocenters. The number of benzene rings is 1. The number of nitrogens with zero attached hydrogens (tertiary/aromatic N) is 1. The fourth-order valence-corrected chi connectivity index (χ4v) is 1.40. The minimum Gasteiger partial charge on any atom is -0.330 e. The van der Waals surface area contributed by atoms with Crippen molar-refractivity contribution in [2.24, 2.45) is 5.73 Å². The zero-order chi connectivity index (χ0) is 9.10. The third kappa shape index (κ3) is 2.42. The molecule has 0 saturated carbocycles. The molecule has 2 nitrogen and oxygen atoms in total. The standard InChI is InChI=1S/C11H12N2.HI/c12-8-7-10-6-5-9-3-1-2-4-11(9)13-10;/h1-6H,7-8,12H2;1H. The SMILES string of the molecule is I.NCCc1ccc2ccccc2n1. The van der Waals surface area contributed by atoms with Crippen LogP contribution in [0.2, 0.25) is 0 Å². The fraction of sp³-hybridized carbons (Fsp3) is 0.182. The van der Waals surface area contributed by atoms with Crippen molar-refractivity contribution in [3.8, 4) is 0 Å². The van der Waals surface area contributed by atoms with Gasteiger partial charge in [-0.3, -0.25) is 4.98 Å². The largest absolute Gasteiger partial charge is 0.330 e. The number of halogens is 1. The summed E-state index contributed by atoms with van der Waals surface area (Å²) in [6.07, 6.45) is 0.852. The minimum absolute atomic E-state index is 0. The van der Waals surface area contributed by atoms with E-state index in [1.54, 1.807) is 0 Å². The summed E-state index contributed by atoms with van der Waals surface area (Å²) in [6.45, 7) is 0.658. The zero-order valence-corrected chi connectivity index (χ0v) is 10.1. The highest BCUT2D eigenvalue weighted by Gasteiger charge is 1.95. The Morgan fingerprint density at radius 1 is 1.07 bits per heavy atom. The molecule has 1 aromatic carbocycles. The number of fused-ring (bicyclic) bond motifs is 1. The third-order valence-corrected chi connectivity index (χ3v) is 2.06. The number of aromatic nitrogens is 1. The lowest BCUT2D eigenvalue weighted by atomic mass is 10.2. The van der Waals surface area contributed by atoms with Gasteiger partial charge in [0.2, 0.25) is 0 Å². The molecule has 3 heteroatoms. The van der Waals surface area contributed by atoms with Gasteiger partial charge >= 0.3 is 0 Å². The first-order valence-electron chi connectivity index (χ1n) is 4.45. The van der Waals surface area contributed by atoms with E-state index in [0.717, 1.165) is 17.6 Å². The summed E-state index contributed by atoms with van der Waals surface area (Å²) in [6, 6.07) is 12.2. The summed E-state index contributed by atoms with van der Waals surface area (Å²) in [7, 11) is 0. The van der Waals surface area contributed by atoms with Crippen molar-refractivity contribution in [1.29, 1.82) is 0 Å². The Morgan fingerprint density at radius 2 is 1.86 bits per heavy atom. The van der Waals surface area contributed by atoms with E-state index in [9.17, 15) is 0 Å². The van der Waals surface area contributed by atoms with Gasteiger partial charge in [-0.2, -0.15) is 0 Å². The van der Waals surface area contributed by atoms with Gasteiger partial charge in [-0.15, -0.1) is 24.0 Å². The first kappa shape index (κ1) is 11.4. The molecule has 0 bridgehead atoms. The Balaban J connectivity index is 0.000000980. The van der Waals surface area contributed by atoms with Crippen molar-refractivity contribution in [2.75, 3.05) is 6.54 Å². The molecular formula is C11H13IN2. The molecule has 0 unspecified atom stereocenters. The van der Waals surface area contributed by atoms with E-state index in [2.05, 4.69) is 17.1 Å². The molecule has 1 heterocycles. The van der Waals surface area contributed by atoms with Crippen molar-refractivity contribution in [1.82, 2.24) is 4.98 Å². The lowest BCUT2D eigenvalue weighted by molar-refractivity contribution is 0.932. The van der Waals surface area contributed by atoms with Crippen LogP contribution in [-0.2, 0) is 6.42 Å². The number of para-hydroxylation sites is 1. The monoisotopic (exact) mass is 300 g/mol. The topological polar surface area (TPSA) is 38.9 Å². The van der Waals surface area contributed by atoms with Crippen LogP contribution in [0.5, 0.6) is 0 Å². The molecule has 0 amide bonds. The van der Waals surface area contributed by atoms with Gasteiger partial charge in [0.15, 0.2) is 0 Å². The smallest absolute Gasteiger partial charge is 0.0705 e. The van der Waals surface area contributed by atoms with Crippen molar-refractivity contribution in [3.05, 3.63) is 42.1 Å². The normalized spacial score (nSPS) is 9.79. The summed E-state index contributed by atoms with van der Waals surface area (Å²) in [4.78, 5) is 4.48. The van der Waals surface area contributed by atoms with Crippen LogP contribution in [-0.4, -0.2) is 11.5 Å². The summed E-state index contributed by atoms with van der Waals surface area (Å²) in [5, 5.41) is 1.18. The van der Waals surface area contributed by atoms with E-state index < -0.39 is 0 Å². The second kappa shape index (κ2) is 5.26. The van der Waals surface area contributed by atoms with Crippen LogP contribution in [0.15, 0.2) is 36.4 Å². The quantitative estimate of drug-likeness (QED) is 0.865. The number of pyridine rings is 1. The Kier molecular flexibility index (Phi) is 4.28. The van der Waals surface area contributed by atoms with Gasteiger partial charge in [0.25, 0.3) is 0 Å². The minimum atomic E-state index is 0. The Hall–Kier alpha value is -0.680. The van der Waals surface area contributed by atoms with Crippen molar-refractivity contribution < 1.29 is 0 Å². The van der Waals surface area contributed by atoms with E-state index in [-0.39, 0.29) is 24.0 Å². The molecule has 2 N–H and O–H groups in total. The van der Waals surface area contributed by atoms with E-state index in [0.29, 0.717) is 6.54 Å². The molecule has 0 spiro atoms. The number of hydrogen-bond acceptors (Lipinski definition) is 2. The lowest BCUT2D eigenvalue weighted by Gasteiger charge is -2.00. The van der Waals surface area contributed by atoms with Crippen LogP contribution in [0.1, 0.15) is 5.69 Å². The molecule has 0 aliphatic rings. The first-order valence-corrected chi connectivity index (χ1v) is 4.45. The Labute approximate surface area is 101 Å². The third-order valence-electron chi connectivity index (χ3n) is 2.06. The second-order valence-electron chi connectivity index (χ2n) is 3.03. The maximum Gasteiger partial charge on any atom is 0.0705 e. The van der Waals surface area contributed by atoms with E-state index in [1.165, 1.54) is 5.39 Å². The van der Waals surface area contributed by atoms with Crippen molar-refractivity contribution in [3.63, 3.8) is 0 Å². The molecule has 0 saturated heterocycles. The molecule has 0 aliphatic carbocycles. The number of nitrogens with two attached hydrogens (primary N) is 1. The average molecular weight is 300 g/mol. The predicted molar refractivity (Wildman–Crippen MR) is 69.9 cm³/mol. The molecular weight excluding hydrogens is 287 g/mol. The number of rotatable bonds is 2. The van der Waals surface area contributed by atoms with Crippen LogP contribution in [0.25, 0.3) is 10.9 Å². The molecule has 0 fully saturated rings. The van der Waals surface area contributed by atoms with Crippen LogP contribution in [0, 0.1) is 0 Å². The Bertz CT molecular complexity index is 415. The molecule has 2 rings (SSSR count). The van der Waals surface area contributed by atoms with Gasteiger partial charge in [-0.1, -0.05) is 24.3 Å². The highest BCUT2D eigenvalue weighted by atomic mass is 127. The van der Waals surface area contributed by atoms with Gasteiger partial charge < -0.3 is 5.73 Å². The lowest BCUT2D eigenvalue weighted by Crippen LogP contribution is -2.04. The van der Waals surface area contributed by atoms with Crippen LogP contribution in [0.4, 0.5) is 0 Å². The van der Waals surface area contributed by atoms with E-state index in [1.807, 2.05) is 24.3 Å². The molecule has 1 aromatic heterocycles. The maximum absolute atomic E-state index is 5.46. The van der Waals surface area contributed by atoms with Gasteiger partial charge in [0.1, 0.15) is 0 Å². The maximum atomic E-state index is 5.46.